The lowest BCUT2D eigenvalue weighted by Crippen LogP contribution is -2.41. The van der Waals surface area contributed by atoms with Crippen LogP contribution in [-0.4, -0.2) is 31.8 Å². The van der Waals surface area contributed by atoms with E-state index in [-0.39, 0.29) is 11.5 Å². The number of ether oxygens (including phenoxy) is 2. The summed E-state index contributed by atoms with van der Waals surface area (Å²) in [6.07, 6.45) is -5.63. The SMILES string of the molecule is COc1cc(C#N)ccc1OC(C)C(=O)NCC(F)(F)F. The van der Waals surface area contributed by atoms with E-state index in [1.807, 2.05) is 6.07 Å². The van der Waals surface area contributed by atoms with E-state index < -0.39 is 24.7 Å². The molecule has 5 nitrogen and oxygen atoms in total. The summed E-state index contributed by atoms with van der Waals surface area (Å²) in [6, 6.07) is 6.15. The van der Waals surface area contributed by atoms with Crippen molar-refractivity contribution in [3.8, 4) is 17.6 Å². The number of methoxy groups -OCH3 is 1. The Kier molecular flexibility index (Phi) is 5.41. The molecule has 1 amide bonds. The fourth-order valence-corrected chi connectivity index (χ4v) is 1.41. The van der Waals surface area contributed by atoms with E-state index in [9.17, 15) is 18.0 Å². The molecule has 114 valence electrons. The molecule has 0 aliphatic carbocycles. The van der Waals surface area contributed by atoms with Crippen molar-refractivity contribution in [2.75, 3.05) is 13.7 Å². The molecule has 1 aromatic carbocycles. The van der Waals surface area contributed by atoms with Crippen molar-refractivity contribution in [2.45, 2.75) is 19.2 Å². The summed E-state index contributed by atoms with van der Waals surface area (Å²) in [6.45, 7) is -0.118. The predicted molar refractivity (Wildman–Crippen MR) is 66.9 cm³/mol. The largest absolute Gasteiger partial charge is 0.493 e. The zero-order chi connectivity index (χ0) is 16.0. The maximum Gasteiger partial charge on any atom is 0.405 e. The molecule has 0 bridgehead atoms. The van der Waals surface area contributed by atoms with Gasteiger partial charge in [-0.3, -0.25) is 4.79 Å². The maximum atomic E-state index is 12.0. The van der Waals surface area contributed by atoms with Crippen LogP contribution in [0, 0.1) is 11.3 Å². The van der Waals surface area contributed by atoms with Crippen LogP contribution in [0.25, 0.3) is 0 Å². The van der Waals surface area contributed by atoms with Gasteiger partial charge >= 0.3 is 6.18 Å². The monoisotopic (exact) mass is 302 g/mol. The lowest BCUT2D eigenvalue weighted by molar-refractivity contribution is -0.142. The van der Waals surface area contributed by atoms with Gasteiger partial charge in [-0.2, -0.15) is 18.4 Å². The van der Waals surface area contributed by atoms with Crippen LogP contribution in [-0.2, 0) is 4.79 Å². The number of benzene rings is 1. The minimum atomic E-state index is -4.48. The van der Waals surface area contributed by atoms with E-state index in [2.05, 4.69) is 0 Å². The van der Waals surface area contributed by atoms with Gasteiger partial charge in [0.1, 0.15) is 6.54 Å². The van der Waals surface area contributed by atoms with Gasteiger partial charge in [-0.05, 0) is 19.1 Å². The molecule has 0 heterocycles. The third-order valence-corrected chi connectivity index (χ3v) is 2.43. The molecule has 0 saturated carbocycles. The van der Waals surface area contributed by atoms with Gasteiger partial charge < -0.3 is 14.8 Å². The molecule has 1 aromatic rings. The van der Waals surface area contributed by atoms with Gasteiger partial charge in [0.05, 0.1) is 18.7 Å². The molecule has 0 fully saturated rings. The van der Waals surface area contributed by atoms with E-state index in [0.29, 0.717) is 5.56 Å². The first kappa shape index (κ1) is 16.6. The normalized spacial score (nSPS) is 12.2. The van der Waals surface area contributed by atoms with Gasteiger partial charge in [-0.25, -0.2) is 0 Å². The fraction of sp³-hybridized carbons (Fsp3) is 0.385. The van der Waals surface area contributed by atoms with E-state index >= 15 is 0 Å². The molecule has 1 atom stereocenters. The van der Waals surface area contributed by atoms with Crippen molar-refractivity contribution in [3.05, 3.63) is 23.8 Å². The summed E-state index contributed by atoms with van der Waals surface area (Å²) in [5.41, 5.74) is 0.327. The first-order valence-electron chi connectivity index (χ1n) is 5.86. The molecule has 0 saturated heterocycles. The Morgan fingerprint density at radius 3 is 2.62 bits per heavy atom. The van der Waals surface area contributed by atoms with Crippen LogP contribution in [0.1, 0.15) is 12.5 Å². The van der Waals surface area contributed by atoms with Crippen molar-refractivity contribution in [3.63, 3.8) is 0 Å². The molecular formula is C13H13F3N2O3. The second kappa shape index (κ2) is 6.83. The van der Waals surface area contributed by atoms with Gasteiger partial charge in [-0.15, -0.1) is 0 Å². The molecule has 0 spiro atoms. The molecule has 8 heteroatoms. The highest BCUT2D eigenvalue weighted by molar-refractivity contribution is 5.80. The van der Waals surface area contributed by atoms with Gasteiger partial charge in [0, 0.05) is 6.07 Å². The van der Waals surface area contributed by atoms with Gasteiger partial charge in [0.15, 0.2) is 17.6 Å². The number of halogens is 3. The summed E-state index contributed by atoms with van der Waals surface area (Å²) in [7, 11) is 1.34. The second-order valence-corrected chi connectivity index (χ2v) is 4.07. The van der Waals surface area contributed by atoms with Crippen LogP contribution in [0.5, 0.6) is 11.5 Å². The predicted octanol–water partition coefficient (Wildman–Crippen LogP) is 2.01. The third-order valence-electron chi connectivity index (χ3n) is 2.43. The zero-order valence-corrected chi connectivity index (χ0v) is 11.3. The lowest BCUT2D eigenvalue weighted by atomic mass is 10.2. The Morgan fingerprint density at radius 2 is 2.10 bits per heavy atom. The number of nitrogens with one attached hydrogen (secondary N) is 1. The van der Waals surface area contributed by atoms with Gasteiger partial charge in [-0.1, -0.05) is 0 Å². The molecule has 1 N–H and O–H groups in total. The number of nitriles is 1. The molecule has 0 radical (unpaired) electrons. The molecule has 21 heavy (non-hydrogen) atoms. The van der Waals surface area contributed by atoms with E-state index in [0.717, 1.165) is 0 Å². The Bertz CT molecular complexity index is 553. The topological polar surface area (TPSA) is 71.3 Å². The molecule has 0 aromatic heterocycles. The number of carbonyl (C=O) groups is 1. The maximum absolute atomic E-state index is 12.0. The average Bonchev–Trinajstić information content (AvgIpc) is 2.44. The molecule has 0 aliphatic heterocycles. The van der Waals surface area contributed by atoms with E-state index in [1.54, 1.807) is 5.32 Å². The van der Waals surface area contributed by atoms with Crippen LogP contribution in [0.2, 0.25) is 0 Å². The van der Waals surface area contributed by atoms with Crippen LogP contribution >= 0.6 is 0 Å². The summed E-state index contributed by atoms with van der Waals surface area (Å²) >= 11 is 0. The zero-order valence-electron chi connectivity index (χ0n) is 11.3. The van der Waals surface area contributed by atoms with Crippen LogP contribution in [0.15, 0.2) is 18.2 Å². The first-order chi connectivity index (χ1) is 9.76. The lowest BCUT2D eigenvalue weighted by Gasteiger charge is -2.17. The fourth-order valence-electron chi connectivity index (χ4n) is 1.41. The summed E-state index contributed by atoms with van der Waals surface area (Å²) in [4.78, 5) is 11.5. The van der Waals surface area contributed by atoms with Crippen molar-refractivity contribution in [1.82, 2.24) is 5.32 Å². The third kappa shape index (κ3) is 5.22. The molecular weight excluding hydrogens is 289 g/mol. The Balaban J connectivity index is 2.72. The molecule has 1 unspecified atom stereocenters. The Morgan fingerprint density at radius 1 is 1.43 bits per heavy atom. The first-order valence-corrected chi connectivity index (χ1v) is 5.86. The smallest absolute Gasteiger partial charge is 0.405 e. The minimum absolute atomic E-state index is 0.158. The van der Waals surface area contributed by atoms with E-state index in [1.165, 1.54) is 32.2 Å². The van der Waals surface area contributed by atoms with Gasteiger partial charge in [0.25, 0.3) is 5.91 Å². The highest BCUT2D eigenvalue weighted by Gasteiger charge is 2.29. The number of hydrogen-bond acceptors (Lipinski definition) is 4. The Labute approximate surface area is 119 Å². The summed E-state index contributed by atoms with van der Waals surface area (Å²) < 4.78 is 46.3. The van der Waals surface area contributed by atoms with E-state index in [4.69, 9.17) is 14.7 Å². The Hall–Kier alpha value is -2.43. The van der Waals surface area contributed by atoms with Gasteiger partial charge in [0.2, 0.25) is 0 Å². The van der Waals surface area contributed by atoms with Crippen LogP contribution < -0.4 is 14.8 Å². The quantitative estimate of drug-likeness (QED) is 0.903. The number of carbonyl (C=O) groups excluding carboxylic acids is 1. The van der Waals surface area contributed by atoms with Crippen molar-refractivity contribution in [1.29, 1.82) is 5.26 Å². The summed E-state index contributed by atoms with van der Waals surface area (Å²) in [5, 5.41) is 10.5. The average molecular weight is 302 g/mol. The standard InChI is InChI=1S/C13H13F3N2O3/c1-8(12(19)18-7-13(14,15)16)21-10-4-3-9(6-17)5-11(10)20-2/h3-5,8H,7H2,1-2H3,(H,18,19). The second-order valence-electron chi connectivity index (χ2n) is 4.07. The highest BCUT2D eigenvalue weighted by atomic mass is 19.4. The number of alkyl halides is 3. The minimum Gasteiger partial charge on any atom is -0.493 e. The van der Waals surface area contributed by atoms with Crippen LogP contribution in [0.4, 0.5) is 13.2 Å². The number of hydrogen-bond donors (Lipinski definition) is 1. The molecule has 0 aliphatic rings. The van der Waals surface area contributed by atoms with Crippen molar-refractivity contribution >= 4 is 5.91 Å². The summed E-state index contributed by atoms with van der Waals surface area (Å²) in [5.74, 6) is -0.533. The number of rotatable bonds is 5. The van der Waals surface area contributed by atoms with Crippen molar-refractivity contribution in [2.24, 2.45) is 0 Å². The molecule has 1 rings (SSSR count). The van der Waals surface area contributed by atoms with Crippen LogP contribution in [0.3, 0.4) is 0 Å². The number of nitrogens with zero attached hydrogens (tertiary/aromatic N) is 1. The van der Waals surface area contributed by atoms with Crippen molar-refractivity contribution < 1.29 is 27.4 Å². The number of amides is 1. The highest BCUT2D eigenvalue weighted by Crippen LogP contribution is 2.28.